The molecule has 14 heteroatoms. The number of nitrogens with zero attached hydrogens (tertiary/aromatic N) is 2. The van der Waals surface area contributed by atoms with Crippen LogP contribution in [0.4, 0.5) is 13.2 Å². The van der Waals surface area contributed by atoms with E-state index in [2.05, 4.69) is 0 Å². The van der Waals surface area contributed by atoms with E-state index in [1.807, 2.05) is 6.07 Å². The van der Waals surface area contributed by atoms with Gasteiger partial charge in [0, 0.05) is 13.1 Å². The Hall–Kier alpha value is -2.70. The zero-order chi connectivity index (χ0) is 26.5. The molecular formula is C22H21F3N2O7S2. The van der Waals surface area contributed by atoms with Gasteiger partial charge >= 0.3 is 6.18 Å². The summed E-state index contributed by atoms with van der Waals surface area (Å²) >= 11 is 0. The molecule has 0 amide bonds. The van der Waals surface area contributed by atoms with Crippen LogP contribution >= 0.6 is 0 Å². The number of benzene rings is 2. The van der Waals surface area contributed by atoms with Gasteiger partial charge in [-0.1, -0.05) is 0 Å². The number of hydrogen-bond acceptors (Lipinski definition) is 8. The fourth-order valence-corrected chi connectivity index (χ4v) is 7.59. The van der Waals surface area contributed by atoms with Gasteiger partial charge in [0.25, 0.3) is 0 Å². The maximum Gasteiger partial charge on any atom is 0.416 e. The Balaban J connectivity index is 1.69. The molecule has 2 aromatic rings. The van der Waals surface area contributed by atoms with Gasteiger partial charge in [0.05, 0.1) is 34.8 Å². The summed E-state index contributed by atoms with van der Waals surface area (Å²) in [7, 11) is -9.06. The highest BCUT2D eigenvalue weighted by atomic mass is 32.2. The third-order valence-corrected chi connectivity index (χ3v) is 10.2. The average molecular weight is 547 g/mol. The summed E-state index contributed by atoms with van der Waals surface area (Å²) in [6.07, 6.45) is -3.54. The predicted molar refractivity (Wildman–Crippen MR) is 118 cm³/mol. The minimum atomic E-state index is -4.70. The molecule has 0 radical (unpaired) electrons. The fraction of sp³-hybridized carbons (Fsp3) is 0.409. The molecule has 36 heavy (non-hydrogen) atoms. The van der Waals surface area contributed by atoms with Gasteiger partial charge in [-0.05, 0) is 55.3 Å². The monoisotopic (exact) mass is 546 g/mol. The molecule has 4 rings (SSSR count). The highest BCUT2D eigenvalue weighted by Gasteiger charge is 2.55. The molecule has 2 N–H and O–H groups in total. The van der Waals surface area contributed by atoms with Crippen LogP contribution in [0.25, 0.3) is 0 Å². The Morgan fingerprint density at radius 2 is 1.75 bits per heavy atom. The Bertz CT molecular complexity index is 1420. The summed E-state index contributed by atoms with van der Waals surface area (Å²) in [6.45, 7) is -2.69. The summed E-state index contributed by atoms with van der Waals surface area (Å²) in [6, 6.07) is 8.07. The minimum Gasteiger partial charge on any atom is -0.489 e. The summed E-state index contributed by atoms with van der Waals surface area (Å²) < 4.78 is 98.4. The quantitative estimate of drug-likeness (QED) is 0.534. The second-order valence-electron chi connectivity index (χ2n) is 8.71. The first-order chi connectivity index (χ1) is 16.7. The zero-order valence-electron chi connectivity index (χ0n) is 18.5. The van der Waals surface area contributed by atoms with Gasteiger partial charge in [0.2, 0.25) is 10.0 Å². The van der Waals surface area contributed by atoms with Crippen molar-refractivity contribution >= 4 is 19.9 Å². The fourth-order valence-electron chi connectivity index (χ4n) is 3.93. The molecule has 1 saturated heterocycles. The van der Waals surface area contributed by atoms with Gasteiger partial charge < -0.3 is 14.9 Å². The van der Waals surface area contributed by atoms with Gasteiger partial charge in [-0.2, -0.15) is 22.7 Å². The first-order valence-corrected chi connectivity index (χ1v) is 13.7. The van der Waals surface area contributed by atoms with Crippen LogP contribution in [0.3, 0.4) is 0 Å². The standard InChI is InChI=1S/C22H21F3N2O7S2/c23-22(24,25)15-2-6-17(7-3-15)35(30,31)20-11-27(12-21(20,29)13-28)36(32,33)19-8-1-14(10-26)9-18(19)34-16-4-5-16/h1-3,6-9,16,20,28-29H,4-5,11-13H2/t20-,21+/m0/s1. The number of hydrogen-bond donors (Lipinski definition) is 2. The number of rotatable bonds is 7. The van der Waals surface area contributed by atoms with Gasteiger partial charge in [0.15, 0.2) is 9.84 Å². The van der Waals surface area contributed by atoms with Crippen LogP contribution in [0, 0.1) is 11.3 Å². The molecular weight excluding hydrogens is 525 g/mol. The van der Waals surface area contributed by atoms with Gasteiger partial charge in [-0.15, -0.1) is 0 Å². The molecule has 0 unspecified atom stereocenters. The minimum absolute atomic E-state index is 0.0989. The van der Waals surface area contributed by atoms with Crippen LogP contribution in [-0.4, -0.2) is 68.0 Å². The number of nitriles is 1. The molecule has 2 aliphatic rings. The van der Waals surface area contributed by atoms with Gasteiger partial charge in [-0.25, -0.2) is 16.8 Å². The maximum absolute atomic E-state index is 13.5. The second kappa shape index (κ2) is 9.00. The summed E-state index contributed by atoms with van der Waals surface area (Å²) in [5, 5.41) is 28.0. The van der Waals surface area contributed by atoms with Gasteiger partial charge in [0.1, 0.15) is 21.5 Å². The van der Waals surface area contributed by atoms with E-state index in [4.69, 9.17) is 10.00 Å². The van der Waals surface area contributed by atoms with Crippen molar-refractivity contribution in [2.75, 3.05) is 19.7 Å². The predicted octanol–water partition coefficient (Wildman–Crippen LogP) is 1.69. The van der Waals surface area contributed by atoms with Crippen molar-refractivity contribution in [3.8, 4) is 11.8 Å². The number of sulfone groups is 1. The number of β-amino-alcohol motifs (C(OH)–C–C–N with tert-alkyl or cyclic N) is 1. The second-order valence-corrected chi connectivity index (χ2v) is 12.7. The summed E-state index contributed by atoms with van der Waals surface area (Å²) in [5.74, 6) is -0.0989. The molecule has 2 aromatic carbocycles. The summed E-state index contributed by atoms with van der Waals surface area (Å²) in [4.78, 5) is -0.913. The van der Waals surface area contributed by atoms with Crippen LogP contribution in [0.5, 0.6) is 5.75 Å². The molecule has 0 bridgehead atoms. The normalized spacial score (nSPS) is 23.4. The SMILES string of the molecule is N#Cc1ccc(S(=O)(=O)N2C[C@H](S(=O)(=O)c3ccc(C(F)(F)F)cc3)[C@](O)(CO)C2)c(OC2CC2)c1. The third-order valence-electron chi connectivity index (χ3n) is 6.09. The lowest BCUT2D eigenvalue weighted by Crippen LogP contribution is -2.49. The Morgan fingerprint density at radius 3 is 2.28 bits per heavy atom. The number of ether oxygens (including phenoxy) is 1. The van der Waals surface area contributed by atoms with Crippen molar-refractivity contribution in [1.82, 2.24) is 4.31 Å². The van der Waals surface area contributed by atoms with E-state index >= 15 is 0 Å². The lowest BCUT2D eigenvalue weighted by atomic mass is 10.1. The molecule has 9 nitrogen and oxygen atoms in total. The summed E-state index contributed by atoms with van der Waals surface area (Å²) in [5.41, 5.74) is -3.38. The van der Waals surface area contributed by atoms with E-state index < -0.39 is 67.0 Å². The molecule has 2 fully saturated rings. The Kier molecular flexibility index (Phi) is 6.59. The van der Waals surface area contributed by atoms with E-state index in [-0.39, 0.29) is 22.3 Å². The smallest absolute Gasteiger partial charge is 0.416 e. The van der Waals surface area contributed by atoms with Crippen molar-refractivity contribution in [2.24, 2.45) is 0 Å². The molecule has 2 atom stereocenters. The van der Waals surface area contributed by atoms with Crippen LogP contribution < -0.4 is 4.74 Å². The lowest BCUT2D eigenvalue weighted by molar-refractivity contribution is -0.137. The lowest BCUT2D eigenvalue weighted by Gasteiger charge is -2.26. The first kappa shape index (κ1) is 26.4. The molecule has 1 heterocycles. The Labute approximate surface area is 205 Å². The highest BCUT2D eigenvalue weighted by Crippen LogP contribution is 2.39. The average Bonchev–Trinajstić information content (AvgIpc) is 3.56. The number of aliphatic hydroxyl groups excluding tert-OH is 1. The van der Waals surface area contributed by atoms with Gasteiger partial charge in [-0.3, -0.25) is 0 Å². The van der Waals surface area contributed by atoms with E-state index in [0.29, 0.717) is 29.3 Å². The number of alkyl halides is 3. The Morgan fingerprint density at radius 1 is 1.11 bits per heavy atom. The van der Waals surface area contributed by atoms with Crippen molar-refractivity contribution in [2.45, 2.75) is 45.8 Å². The molecule has 1 saturated carbocycles. The van der Waals surface area contributed by atoms with Crippen molar-refractivity contribution in [3.63, 3.8) is 0 Å². The van der Waals surface area contributed by atoms with Crippen LogP contribution in [0.1, 0.15) is 24.0 Å². The highest BCUT2D eigenvalue weighted by molar-refractivity contribution is 7.92. The largest absolute Gasteiger partial charge is 0.489 e. The maximum atomic E-state index is 13.5. The van der Waals surface area contributed by atoms with Crippen LogP contribution in [0.2, 0.25) is 0 Å². The molecule has 0 spiro atoms. The first-order valence-electron chi connectivity index (χ1n) is 10.7. The molecule has 1 aliphatic heterocycles. The molecule has 0 aromatic heterocycles. The van der Waals surface area contributed by atoms with E-state index in [0.717, 1.165) is 18.2 Å². The van der Waals surface area contributed by atoms with Crippen LogP contribution in [0.15, 0.2) is 52.3 Å². The van der Waals surface area contributed by atoms with E-state index in [1.54, 1.807) is 0 Å². The van der Waals surface area contributed by atoms with Crippen molar-refractivity contribution < 1.29 is 45.0 Å². The molecule has 194 valence electrons. The van der Waals surface area contributed by atoms with Crippen LogP contribution in [-0.2, 0) is 26.0 Å². The van der Waals surface area contributed by atoms with E-state index in [1.165, 1.54) is 12.1 Å². The topological polar surface area (TPSA) is 145 Å². The number of aliphatic hydroxyl groups is 2. The number of sulfonamides is 1. The van der Waals surface area contributed by atoms with E-state index in [9.17, 15) is 40.2 Å². The number of halogens is 3. The third kappa shape index (κ3) is 4.81. The van der Waals surface area contributed by atoms with Crippen molar-refractivity contribution in [3.05, 3.63) is 53.6 Å². The molecule has 1 aliphatic carbocycles. The zero-order valence-corrected chi connectivity index (χ0v) is 20.1. The van der Waals surface area contributed by atoms with Crippen molar-refractivity contribution in [1.29, 1.82) is 5.26 Å².